The Hall–Kier alpha value is -0.260. The average molecular weight is 587 g/mol. The van der Waals surface area contributed by atoms with Gasteiger partial charge in [0.15, 0.2) is 0 Å². The van der Waals surface area contributed by atoms with E-state index >= 15 is 0 Å². The zero-order valence-corrected chi connectivity index (χ0v) is 26.1. The summed E-state index contributed by atoms with van der Waals surface area (Å²) in [4.78, 5) is 2.65. The van der Waals surface area contributed by atoms with Crippen molar-refractivity contribution in [3.05, 3.63) is 65.8 Å². The van der Waals surface area contributed by atoms with Gasteiger partial charge in [-0.15, -0.1) is 0 Å². The van der Waals surface area contributed by atoms with Gasteiger partial charge in [0.2, 0.25) is 0 Å². The molecule has 0 nitrogen and oxygen atoms in total. The van der Waals surface area contributed by atoms with Crippen LogP contribution in [0.15, 0.2) is 65.8 Å². The maximum atomic E-state index is 6.99. The Morgan fingerprint density at radius 3 is 1.59 bits per heavy atom. The van der Waals surface area contributed by atoms with Crippen molar-refractivity contribution in [1.82, 2.24) is 0 Å². The van der Waals surface area contributed by atoms with Gasteiger partial charge in [-0.3, -0.25) is 0 Å². The minimum absolute atomic E-state index is 0.0512. The summed E-state index contributed by atoms with van der Waals surface area (Å²) in [6.45, 7) is 27.7. The molecule has 0 aliphatic carbocycles. The van der Waals surface area contributed by atoms with Crippen LogP contribution in [0.3, 0.4) is 0 Å². The van der Waals surface area contributed by atoms with Gasteiger partial charge in [0.05, 0.1) is 0 Å². The predicted octanol–water partition coefficient (Wildman–Crippen LogP) is 9.56. The zero-order chi connectivity index (χ0) is 24.7. The van der Waals surface area contributed by atoms with Crippen LogP contribution in [0.2, 0.25) is 0 Å². The van der Waals surface area contributed by atoms with Crippen LogP contribution in [0, 0.1) is 21.7 Å². The molecule has 2 aliphatic rings. The van der Waals surface area contributed by atoms with E-state index in [1.807, 2.05) is 0 Å². The Morgan fingerprint density at radius 1 is 0.688 bits per heavy atom. The van der Waals surface area contributed by atoms with E-state index in [1.54, 1.807) is 7.24 Å². The third-order valence-corrected chi connectivity index (χ3v) is 14.0. The first kappa shape index (κ1) is 28.0. The number of rotatable bonds is 2. The van der Waals surface area contributed by atoms with Crippen molar-refractivity contribution in [1.29, 1.82) is 0 Å². The minimum atomic E-state index is -0.355. The molecular weight excluding hydrogens is 543 g/mol. The Labute approximate surface area is 215 Å². The van der Waals surface area contributed by atoms with Crippen LogP contribution >= 0.6 is 20.4 Å². The molecule has 0 bridgehead atoms. The average Bonchev–Trinajstić information content (AvgIpc) is 2.59. The summed E-state index contributed by atoms with van der Waals surface area (Å²) in [6, 6.07) is 0. The van der Waals surface area contributed by atoms with Crippen molar-refractivity contribution >= 4 is 46.2 Å². The molecule has 32 heavy (non-hydrogen) atoms. The van der Waals surface area contributed by atoms with Crippen molar-refractivity contribution in [2.24, 2.45) is 21.7 Å². The predicted molar refractivity (Wildman–Crippen MR) is 152 cm³/mol. The van der Waals surface area contributed by atoms with E-state index in [-0.39, 0.29) is 52.3 Å². The molecule has 0 saturated carbocycles. The van der Waals surface area contributed by atoms with Crippen molar-refractivity contribution < 1.29 is 0 Å². The molecule has 2 rings (SSSR count). The van der Waals surface area contributed by atoms with Crippen LogP contribution in [0.25, 0.3) is 0 Å². The van der Waals surface area contributed by atoms with Gasteiger partial charge in [-0.1, -0.05) is 0 Å². The van der Waals surface area contributed by atoms with Crippen LogP contribution in [0.4, 0.5) is 0 Å². The van der Waals surface area contributed by atoms with Crippen LogP contribution < -0.4 is 0 Å². The van der Waals surface area contributed by atoms with Gasteiger partial charge in [-0.25, -0.2) is 0 Å². The third kappa shape index (κ3) is 7.37. The molecule has 0 fully saturated rings. The second-order valence-electron chi connectivity index (χ2n) is 12.9. The van der Waals surface area contributed by atoms with Gasteiger partial charge in [0, 0.05) is 0 Å². The van der Waals surface area contributed by atoms with Crippen LogP contribution in [-0.2, 0) is 0 Å². The van der Waals surface area contributed by atoms with E-state index in [1.165, 1.54) is 20.9 Å². The summed E-state index contributed by atoms with van der Waals surface area (Å²) >= 11 is -0.286. The van der Waals surface area contributed by atoms with Crippen LogP contribution in [0.1, 0.15) is 83.1 Å². The van der Waals surface area contributed by atoms with Crippen molar-refractivity contribution in [2.75, 3.05) is 0 Å². The van der Waals surface area contributed by atoms with Gasteiger partial charge in [-0.05, 0) is 0 Å². The fraction of sp³-hybridized carbons (Fsp3) is 0.552. The fourth-order valence-corrected chi connectivity index (χ4v) is 10.2. The molecule has 1 atom stereocenters. The summed E-state index contributed by atoms with van der Waals surface area (Å²) in [5, 5.41) is 0. The third-order valence-electron chi connectivity index (χ3n) is 5.33. The quantitative estimate of drug-likeness (QED) is 0.223. The number of allylic oxidation sites excluding steroid dienone is 12. The fourth-order valence-electron chi connectivity index (χ4n) is 3.26. The van der Waals surface area contributed by atoms with E-state index in [0.717, 1.165) is 0 Å². The van der Waals surface area contributed by atoms with Gasteiger partial charge in [0.1, 0.15) is 0 Å². The molecule has 0 N–H and O–H groups in total. The van der Waals surface area contributed by atoms with E-state index in [9.17, 15) is 0 Å². The number of hydrogen-bond donors (Lipinski definition) is 0. The maximum absolute atomic E-state index is 6.99. The van der Waals surface area contributed by atoms with E-state index in [0.29, 0.717) is 0 Å². The second-order valence-corrected chi connectivity index (χ2v) is 18.3. The molecule has 0 amide bonds. The summed E-state index contributed by atoms with van der Waals surface area (Å²) < 4.78 is 3.27. The molecule has 1 unspecified atom stereocenters. The first-order chi connectivity index (χ1) is 14.3. The Morgan fingerprint density at radius 2 is 1.19 bits per heavy atom. The van der Waals surface area contributed by atoms with Crippen LogP contribution in [0.5, 0.6) is 0 Å². The molecule has 0 aromatic rings. The topological polar surface area (TPSA) is 0 Å². The van der Waals surface area contributed by atoms with Crippen molar-refractivity contribution in [2.45, 2.75) is 83.1 Å². The monoisotopic (exact) mass is 588 g/mol. The molecule has 0 radical (unpaired) electrons. The summed E-state index contributed by atoms with van der Waals surface area (Å²) in [7, 11) is 6.63. The molecule has 0 saturated heterocycles. The van der Waals surface area contributed by atoms with Crippen molar-refractivity contribution in [3.63, 3.8) is 0 Å². The Kier molecular flexibility index (Phi) is 8.55. The summed E-state index contributed by atoms with van der Waals surface area (Å²) in [5.41, 5.74) is 3.13. The summed E-state index contributed by atoms with van der Waals surface area (Å²) in [6.07, 6.45) is 16.2. The zero-order valence-electron chi connectivity index (χ0n) is 22.2. The Balaban J connectivity index is 2.49. The second kappa shape index (κ2) is 9.77. The first-order valence-electron chi connectivity index (χ1n) is 11.5. The molecule has 2 heterocycles. The van der Waals surface area contributed by atoms with Gasteiger partial charge in [-0.2, -0.15) is 0 Å². The Bertz CT molecular complexity index is 934. The SMILES string of the molecule is CC(C)(C)C1=CC(=C/C=C/C2=CC(C(C)(C)C)=S(Cl)C(C(C)(C)C)=C2)C=C(C(C)(C)C)[Te]1. The molecule has 3 heteroatoms. The van der Waals surface area contributed by atoms with Gasteiger partial charge >= 0.3 is 217 Å². The van der Waals surface area contributed by atoms with Gasteiger partial charge < -0.3 is 0 Å². The van der Waals surface area contributed by atoms with Gasteiger partial charge in [0.25, 0.3) is 0 Å². The molecule has 0 aromatic carbocycles. The molecule has 0 aromatic heterocycles. The van der Waals surface area contributed by atoms with E-state index in [2.05, 4.69) is 126 Å². The summed E-state index contributed by atoms with van der Waals surface area (Å²) in [5.74, 6) is 0. The first-order valence-corrected chi connectivity index (χ1v) is 15.9. The molecule has 2 aliphatic heterocycles. The molecular formula is C29H43ClSTe. The molecule has 0 spiro atoms. The number of halogens is 1. The molecule has 178 valence electrons. The standard InChI is InChI=1S/C29H43ClSTe/c1-26(2,3)22-16-20(17-23(31(22)30)27(4,5)6)14-13-15-21-18-24(28(7,8)9)32-25(19-21)29(10,11)12/h13-19H,1-12H3/b14-13+. The van der Waals surface area contributed by atoms with Crippen molar-refractivity contribution in [3.8, 4) is 0 Å². The van der Waals surface area contributed by atoms with Crippen LogP contribution in [-0.4, -0.2) is 25.8 Å². The van der Waals surface area contributed by atoms with E-state index in [4.69, 9.17) is 10.7 Å². The normalized spacial score (nSPS) is 21.3. The van der Waals surface area contributed by atoms with E-state index < -0.39 is 0 Å². The number of hydrogen-bond acceptors (Lipinski definition) is 0.